The fourth-order valence-electron chi connectivity index (χ4n) is 2.74. The molecule has 0 aliphatic heterocycles. The number of likely N-dealkylation sites (N-methyl/N-ethyl adjacent to an activating group) is 1. The van der Waals surface area contributed by atoms with Crippen LogP contribution in [0.3, 0.4) is 0 Å². The molecule has 0 radical (unpaired) electrons. The molecular formula is C21H25F3N4OS. The number of benzene rings is 2. The highest BCUT2D eigenvalue weighted by Gasteiger charge is 2.30. The molecule has 5 nitrogen and oxygen atoms in total. The third-order valence-electron chi connectivity index (χ3n) is 4.46. The van der Waals surface area contributed by atoms with Crippen LogP contribution in [0.4, 0.5) is 24.5 Å². The standard InChI is InChI=1S/C21H25F3N4OS/c1-3-28(4-2)13-12-25-19(29)15-8-10-17(11-9-15)26-20(30)27-18-7-5-6-16(14-18)21(22,23)24/h5-11,14H,3-4,12-13H2,1-2H3,(H,25,29)(H2,26,27,30). The molecule has 3 N–H and O–H groups in total. The average Bonchev–Trinajstić information content (AvgIpc) is 2.71. The maximum Gasteiger partial charge on any atom is 0.416 e. The van der Waals surface area contributed by atoms with Crippen molar-refractivity contribution in [3.05, 3.63) is 59.7 Å². The average molecular weight is 439 g/mol. The number of nitrogens with zero attached hydrogens (tertiary/aromatic N) is 1. The summed E-state index contributed by atoms with van der Waals surface area (Å²) in [5, 5.41) is 8.64. The summed E-state index contributed by atoms with van der Waals surface area (Å²) in [6.07, 6.45) is -4.42. The Morgan fingerprint density at radius 1 is 1.00 bits per heavy atom. The summed E-state index contributed by atoms with van der Waals surface area (Å²) in [7, 11) is 0. The fourth-order valence-corrected chi connectivity index (χ4v) is 2.98. The topological polar surface area (TPSA) is 56.4 Å². The van der Waals surface area contributed by atoms with Crippen LogP contribution in [0.15, 0.2) is 48.5 Å². The highest BCUT2D eigenvalue weighted by Crippen LogP contribution is 2.30. The fraction of sp³-hybridized carbons (Fsp3) is 0.333. The lowest BCUT2D eigenvalue weighted by Crippen LogP contribution is -2.34. The Kier molecular flexibility index (Phi) is 8.61. The van der Waals surface area contributed by atoms with Gasteiger partial charge in [-0.2, -0.15) is 13.2 Å². The van der Waals surface area contributed by atoms with Crippen molar-refractivity contribution in [3.8, 4) is 0 Å². The Morgan fingerprint density at radius 2 is 1.63 bits per heavy atom. The zero-order valence-electron chi connectivity index (χ0n) is 16.8. The monoisotopic (exact) mass is 438 g/mol. The Labute approximate surface area is 179 Å². The van der Waals surface area contributed by atoms with Gasteiger partial charge in [-0.3, -0.25) is 4.79 Å². The van der Waals surface area contributed by atoms with Gasteiger partial charge in [0.05, 0.1) is 5.56 Å². The molecule has 0 bridgehead atoms. The van der Waals surface area contributed by atoms with Gasteiger partial charge >= 0.3 is 6.18 Å². The van der Waals surface area contributed by atoms with Crippen LogP contribution in [0, 0.1) is 0 Å². The summed E-state index contributed by atoms with van der Waals surface area (Å²) in [5.74, 6) is -0.168. The molecule has 30 heavy (non-hydrogen) atoms. The highest BCUT2D eigenvalue weighted by molar-refractivity contribution is 7.80. The first-order chi connectivity index (χ1) is 14.2. The molecule has 2 aromatic carbocycles. The SMILES string of the molecule is CCN(CC)CCNC(=O)c1ccc(NC(=S)Nc2cccc(C(F)(F)F)c2)cc1. The Balaban J connectivity index is 1.88. The van der Waals surface area contributed by atoms with Gasteiger partial charge in [-0.05, 0) is 67.8 Å². The van der Waals surface area contributed by atoms with Crippen LogP contribution in [-0.4, -0.2) is 42.1 Å². The molecule has 2 rings (SSSR count). The van der Waals surface area contributed by atoms with Crippen LogP contribution in [0.25, 0.3) is 0 Å². The first-order valence-corrected chi connectivity index (χ1v) is 9.99. The molecule has 0 atom stereocenters. The number of amides is 1. The maximum atomic E-state index is 12.8. The number of nitrogens with one attached hydrogen (secondary N) is 3. The van der Waals surface area contributed by atoms with Gasteiger partial charge in [0.1, 0.15) is 0 Å². The van der Waals surface area contributed by atoms with Crippen molar-refractivity contribution in [3.63, 3.8) is 0 Å². The third-order valence-corrected chi connectivity index (χ3v) is 4.66. The van der Waals surface area contributed by atoms with Gasteiger partial charge in [-0.25, -0.2) is 0 Å². The lowest BCUT2D eigenvalue weighted by Gasteiger charge is -2.18. The minimum absolute atomic E-state index is 0.144. The molecule has 162 valence electrons. The number of carbonyl (C=O) groups is 1. The van der Waals surface area contributed by atoms with Gasteiger partial charge in [0, 0.05) is 30.0 Å². The van der Waals surface area contributed by atoms with Gasteiger partial charge in [0.2, 0.25) is 0 Å². The van der Waals surface area contributed by atoms with Crippen LogP contribution in [-0.2, 0) is 6.18 Å². The predicted octanol–water partition coefficient (Wildman–Crippen LogP) is 4.59. The second kappa shape index (κ2) is 10.9. The number of anilines is 2. The normalized spacial score (nSPS) is 11.3. The van der Waals surface area contributed by atoms with Crippen molar-refractivity contribution in [2.24, 2.45) is 0 Å². The molecule has 0 fully saturated rings. The lowest BCUT2D eigenvalue weighted by atomic mass is 10.2. The minimum Gasteiger partial charge on any atom is -0.351 e. The molecule has 0 heterocycles. The van der Waals surface area contributed by atoms with Crippen molar-refractivity contribution < 1.29 is 18.0 Å². The van der Waals surface area contributed by atoms with Crippen molar-refractivity contribution in [2.45, 2.75) is 20.0 Å². The molecule has 0 spiro atoms. The smallest absolute Gasteiger partial charge is 0.351 e. The van der Waals surface area contributed by atoms with E-state index in [4.69, 9.17) is 12.2 Å². The van der Waals surface area contributed by atoms with E-state index in [9.17, 15) is 18.0 Å². The van der Waals surface area contributed by atoms with Crippen LogP contribution in [0.2, 0.25) is 0 Å². The molecule has 0 saturated carbocycles. The number of halogens is 3. The first kappa shape index (κ1) is 23.6. The van der Waals surface area contributed by atoms with E-state index in [0.29, 0.717) is 17.8 Å². The molecule has 2 aromatic rings. The molecule has 0 unspecified atom stereocenters. The number of carbonyl (C=O) groups excluding carboxylic acids is 1. The summed E-state index contributed by atoms with van der Waals surface area (Å²) >= 11 is 5.16. The summed E-state index contributed by atoms with van der Waals surface area (Å²) < 4.78 is 38.4. The summed E-state index contributed by atoms with van der Waals surface area (Å²) in [6.45, 7) is 7.36. The minimum atomic E-state index is -4.42. The maximum absolute atomic E-state index is 12.8. The van der Waals surface area contributed by atoms with Crippen LogP contribution in [0.5, 0.6) is 0 Å². The van der Waals surface area contributed by atoms with E-state index in [0.717, 1.165) is 31.8 Å². The predicted molar refractivity (Wildman–Crippen MR) is 118 cm³/mol. The van der Waals surface area contributed by atoms with Crippen molar-refractivity contribution in [1.82, 2.24) is 10.2 Å². The third kappa shape index (κ3) is 7.31. The Hall–Kier alpha value is -2.65. The van der Waals surface area contributed by atoms with Crippen molar-refractivity contribution in [2.75, 3.05) is 36.8 Å². The van der Waals surface area contributed by atoms with Gasteiger partial charge in [0.15, 0.2) is 5.11 Å². The van der Waals surface area contributed by atoms with E-state index in [2.05, 4.69) is 34.7 Å². The molecule has 0 aromatic heterocycles. The van der Waals surface area contributed by atoms with Gasteiger partial charge in [-0.1, -0.05) is 19.9 Å². The number of alkyl halides is 3. The lowest BCUT2D eigenvalue weighted by molar-refractivity contribution is -0.137. The molecule has 1 amide bonds. The number of hydrogen-bond acceptors (Lipinski definition) is 3. The quantitative estimate of drug-likeness (QED) is 0.527. The van der Waals surface area contributed by atoms with E-state index < -0.39 is 11.7 Å². The van der Waals surface area contributed by atoms with E-state index >= 15 is 0 Å². The highest BCUT2D eigenvalue weighted by atomic mass is 32.1. The number of thiocarbonyl (C=S) groups is 1. The zero-order valence-corrected chi connectivity index (χ0v) is 17.7. The largest absolute Gasteiger partial charge is 0.416 e. The van der Waals surface area contributed by atoms with Crippen LogP contribution in [0.1, 0.15) is 29.8 Å². The van der Waals surface area contributed by atoms with Gasteiger partial charge in [-0.15, -0.1) is 0 Å². The summed E-state index contributed by atoms with van der Waals surface area (Å²) in [5.41, 5.74) is 0.592. The summed E-state index contributed by atoms with van der Waals surface area (Å²) in [6, 6.07) is 11.5. The van der Waals surface area contributed by atoms with E-state index in [1.807, 2.05) is 0 Å². The van der Waals surface area contributed by atoms with Gasteiger partial charge < -0.3 is 20.9 Å². The van der Waals surface area contributed by atoms with E-state index in [1.165, 1.54) is 12.1 Å². The van der Waals surface area contributed by atoms with E-state index in [1.54, 1.807) is 24.3 Å². The van der Waals surface area contributed by atoms with E-state index in [-0.39, 0.29) is 16.7 Å². The number of hydrogen-bond donors (Lipinski definition) is 3. The molecule has 9 heteroatoms. The second-order valence-electron chi connectivity index (χ2n) is 6.52. The Morgan fingerprint density at radius 3 is 2.23 bits per heavy atom. The first-order valence-electron chi connectivity index (χ1n) is 9.58. The summed E-state index contributed by atoms with van der Waals surface area (Å²) in [4.78, 5) is 14.4. The van der Waals surface area contributed by atoms with Crippen molar-refractivity contribution >= 4 is 34.6 Å². The zero-order chi connectivity index (χ0) is 22.1. The van der Waals surface area contributed by atoms with Crippen LogP contribution < -0.4 is 16.0 Å². The van der Waals surface area contributed by atoms with Gasteiger partial charge in [0.25, 0.3) is 5.91 Å². The second-order valence-corrected chi connectivity index (χ2v) is 6.93. The van der Waals surface area contributed by atoms with Crippen LogP contribution >= 0.6 is 12.2 Å². The molecule has 0 aliphatic carbocycles. The molecule has 0 aliphatic rings. The number of rotatable bonds is 8. The van der Waals surface area contributed by atoms with Crippen molar-refractivity contribution in [1.29, 1.82) is 0 Å². The molecular weight excluding hydrogens is 413 g/mol. The Bertz CT molecular complexity index is 852. The molecule has 0 saturated heterocycles.